The van der Waals surface area contributed by atoms with Crippen LogP contribution >= 0.6 is 23.2 Å². The van der Waals surface area contributed by atoms with Crippen molar-refractivity contribution < 1.29 is 45.5 Å². The maximum Gasteiger partial charge on any atom is 0.434 e. The first-order valence-electron chi connectivity index (χ1n) is 9.28. The highest BCUT2D eigenvalue weighted by Crippen LogP contribution is 2.38. The summed E-state index contributed by atoms with van der Waals surface area (Å²) in [6, 6.07) is 7.84. The van der Waals surface area contributed by atoms with E-state index in [2.05, 4.69) is 4.74 Å². The Morgan fingerprint density at radius 2 is 1.53 bits per heavy atom. The number of carbonyl (C=O) groups is 2. The third kappa shape index (κ3) is 4.51. The Morgan fingerprint density at radius 3 is 2.06 bits per heavy atom. The number of esters is 1. The van der Waals surface area contributed by atoms with Crippen LogP contribution in [0, 0.1) is 5.21 Å². The predicted octanol–water partition coefficient (Wildman–Crippen LogP) is 5.48. The van der Waals surface area contributed by atoms with E-state index < -0.39 is 57.1 Å². The van der Waals surface area contributed by atoms with Gasteiger partial charge in [0.2, 0.25) is 0 Å². The van der Waals surface area contributed by atoms with Gasteiger partial charge in [-0.3, -0.25) is 4.79 Å². The van der Waals surface area contributed by atoms with Gasteiger partial charge in [0.15, 0.2) is 0 Å². The van der Waals surface area contributed by atoms with Gasteiger partial charge in [-0.15, -0.1) is 4.68 Å². The van der Waals surface area contributed by atoms with Crippen LogP contribution in [-0.4, -0.2) is 34.9 Å². The topological polar surface area (TPSA) is 75.2 Å². The van der Waals surface area contributed by atoms with Gasteiger partial charge in [0.05, 0.1) is 33.1 Å². The summed E-state index contributed by atoms with van der Waals surface area (Å²) in [6.07, 6.45) is -16.5. The Bertz CT molecular complexity index is 1270. The van der Waals surface area contributed by atoms with Gasteiger partial charge in [0.1, 0.15) is 5.52 Å². The first kappa shape index (κ1) is 25.6. The molecule has 0 bridgehead atoms. The maximum absolute atomic E-state index is 13.4. The molecule has 14 heteroatoms. The lowest BCUT2D eigenvalue weighted by Crippen LogP contribution is -2.46. The molecule has 2 aromatic carbocycles. The smallest absolute Gasteiger partial charge is 0.434 e. The lowest BCUT2D eigenvalue weighted by Gasteiger charge is -2.23. The number of fused-ring (bicyclic) bond motifs is 1. The lowest BCUT2D eigenvalue weighted by atomic mass is 9.99. The average Bonchev–Trinajstić information content (AvgIpc) is 3.02. The fraction of sp³-hybridized carbons (Fsp3) is 0.250. The molecule has 34 heavy (non-hydrogen) atoms. The Morgan fingerprint density at radius 1 is 1.00 bits per heavy atom. The largest absolute Gasteiger partial charge is 0.595 e. The highest BCUT2D eigenvalue weighted by molar-refractivity contribution is 6.40. The average molecular weight is 529 g/mol. The summed E-state index contributed by atoms with van der Waals surface area (Å²) in [7, 11) is 0. The molecule has 1 heterocycles. The number of carbonyl (C=O) groups excluding carboxylic acids is 2. The van der Waals surface area contributed by atoms with E-state index >= 15 is 0 Å². The van der Waals surface area contributed by atoms with Crippen LogP contribution in [0.15, 0.2) is 36.4 Å². The highest BCUT2D eigenvalue weighted by atomic mass is 35.5. The van der Waals surface area contributed by atoms with E-state index in [1.54, 1.807) is 13.0 Å². The van der Waals surface area contributed by atoms with Crippen LogP contribution < -0.4 is 4.85 Å². The number of nitrogens with zero attached hydrogens (tertiary/aromatic N) is 2. The third-order valence-corrected chi connectivity index (χ3v) is 5.35. The molecule has 3 aromatic rings. The monoisotopic (exact) mass is 528 g/mol. The number of para-hydroxylation sites is 1. The molecular formula is C20H12Cl2F6N2O4. The molecule has 0 radical (unpaired) electrons. The minimum absolute atomic E-state index is 0.100. The summed E-state index contributed by atoms with van der Waals surface area (Å²) < 4.78 is 82.2. The third-order valence-electron chi connectivity index (χ3n) is 4.72. The molecule has 3 rings (SSSR count). The molecule has 0 aliphatic heterocycles. The Labute approximate surface area is 196 Å². The zero-order valence-electron chi connectivity index (χ0n) is 16.8. The number of benzene rings is 2. The SMILES string of the molecule is CCn1c2ccccc2c(C(=O)c2c(Cl)ccc(Cl)c2C(=O)OC(C(F)(F)F)C(F)(F)F)[n+]1[O-]. The molecule has 1 aromatic heterocycles. The van der Waals surface area contributed by atoms with Crippen LogP contribution in [0.5, 0.6) is 0 Å². The molecule has 0 aliphatic rings. The van der Waals surface area contributed by atoms with Crippen molar-refractivity contribution in [3.8, 4) is 0 Å². The molecule has 0 aliphatic carbocycles. The first-order valence-corrected chi connectivity index (χ1v) is 10.0. The summed E-state index contributed by atoms with van der Waals surface area (Å²) in [5, 5.41) is 11.7. The van der Waals surface area contributed by atoms with E-state index in [0.717, 1.165) is 16.8 Å². The molecular weight excluding hydrogens is 517 g/mol. The maximum atomic E-state index is 13.4. The van der Waals surface area contributed by atoms with Gasteiger partial charge in [-0.25, -0.2) is 4.79 Å². The number of hydrogen-bond donors (Lipinski definition) is 0. The summed E-state index contributed by atoms with van der Waals surface area (Å²) in [6.45, 7) is 1.70. The number of aromatic nitrogens is 2. The van der Waals surface area contributed by atoms with Crippen LogP contribution in [0.25, 0.3) is 10.9 Å². The Balaban J connectivity index is 2.21. The summed E-state index contributed by atoms with van der Waals surface area (Å²) in [5.41, 5.74) is -2.30. The second kappa shape index (κ2) is 8.99. The number of ether oxygens (including phenoxy) is 1. The van der Waals surface area contributed by atoms with Gasteiger partial charge in [-0.2, -0.15) is 26.3 Å². The zero-order chi connectivity index (χ0) is 25.6. The van der Waals surface area contributed by atoms with Crippen molar-refractivity contribution in [1.82, 2.24) is 4.68 Å². The van der Waals surface area contributed by atoms with Crippen molar-refractivity contribution in [2.24, 2.45) is 0 Å². The lowest BCUT2D eigenvalue weighted by molar-refractivity contribution is -0.692. The first-order chi connectivity index (χ1) is 15.7. The van der Waals surface area contributed by atoms with Gasteiger partial charge in [0.25, 0.3) is 17.6 Å². The second-order valence-electron chi connectivity index (χ2n) is 6.83. The molecule has 0 unspecified atom stereocenters. The Hall–Kier alpha value is -2.99. The summed E-state index contributed by atoms with van der Waals surface area (Å²) in [4.78, 5) is 26.0. The van der Waals surface area contributed by atoms with Crippen LogP contribution in [-0.2, 0) is 11.3 Å². The molecule has 0 atom stereocenters. The van der Waals surface area contributed by atoms with Crippen molar-refractivity contribution in [3.05, 3.63) is 68.5 Å². The Kier molecular flexibility index (Phi) is 6.78. The van der Waals surface area contributed by atoms with E-state index in [9.17, 15) is 41.1 Å². The minimum Gasteiger partial charge on any atom is -0.595 e. The fourth-order valence-corrected chi connectivity index (χ4v) is 3.78. The normalized spacial score (nSPS) is 12.4. The van der Waals surface area contributed by atoms with E-state index in [-0.39, 0.29) is 16.8 Å². The predicted molar refractivity (Wildman–Crippen MR) is 108 cm³/mol. The summed E-state index contributed by atoms with van der Waals surface area (Å²) >= 11 is 11.9. The molecule has 6 nitrogen and oxygen atoms in total. The summed E-state index contributed by atoms with van der Waals surface area (Å²) in [5.74, 6) is -3.46. The van der Waals surface area contributed by atoms with Crippen LogP contribution in [0.2, 0.25) is 10.0 Å². The highest BCUT2D eigenvalue weighted by Gasteiger charge is 2.60. The number of alkyl halides is 6. The van der Waals surface area contributed by atoms with Gasteiger partial charge in [-0.05, 0) is 31.2 Å². The van der Waals surface area contributed by atoms with Gasteiger partial charge < -0.3 is 9.94 Å². The number of ketones is 1. The molecule has 0 saturated heterocycles. The van der Waals surface area contributed by atoms with E-state index in [4.69, 9.17) is 23.2 Å². The van der Waals surface area contributed by atoms with Crippen molar-refractivity contribution >= 4 is 45.9 Å². The fourth-order valence-electron chi connectivity index (χ4n) is 3.31. The van der Waals surface area contributed by atoms with Gasteiger partial charge >= 0.3 is 18.3 Å². The molecule has 0 fully saturated rings. The van der Waals surface area contributed by atoms with Gasteiger partial charge in [0, 0.05) is 0 Å². The molecule has 0 amide bonds. The molecule has 0 N–H and O–H groups in total. The number of aryl methyl sites for hydroxylation is 1. The zero-order valence-corrected chi connectivity index (χ0v) is 18.3. The molecule has 0 saturated carbocycles. The number of halogens is 8. The van der Waals surface area contributed by atoms with Crippen LogP contribution in [0.1, 0.15) is 33.3 Å². The van der Waals surface area contributed by atoms with Crippen molar-refractivity contribution in [2.75, 3.05) is 0 Å². The van der Waals surface area contributed by atoms with Gasteiger partial charge in [-0.1, -0.05) is 40.2 Å². The van der Waals surface area contributed by atoms with E-state index in [1.165, 1.54) is 18.2 Å². The molecule has 182 valence electrons. The van der Waals surface area contributed by atoms with Crippen LogP contribution in [0.4, 0.5) is 26.3 Å². The number of hydrogen-bond acceptors (Lipinski definition) is 4. The number of rotatable bonds is 5. The minimum atomic E-state index is -6.00. The van der Waals surface area contributed by atoms with E-state index in [1.807, 2.05) is 0 Å². The standard InChI is InChI=1S/C20H12Cl2F6N2O4/c1-2-29-12-6-4-3-5-9(12)15(30(29)33)16(31)13-10(21)7-8-11(22)14(13)17(32)34-18(19(23,24)25)20(26,27)28/h3-8,18H,2H2,1H3. The quantitative estimate of drug-likeness (QED) is 0.144. The second-order valence-corrected chi connectivity index (χ2v) is 7.65. The van der Waals surface area contributed by atoms with Crippen LogP contribution in [0.3, 0.4) is 0 Å². The van der Waals surface area contributed by atoms with Crippen molar-refractivity contribution in [1.29, 1.82) is 0 Å². The van der Waals surface area contributed by atoms with Crippen molar-refractivity contribution in [2.45, 2.75) is 31.9 Å². The molecule has 0 spiro atoms. The van der Waals surface area contributed by atoms with E-state index in [0.29, 0.717) is 5.52 Å². The van der Waals surface area contributed by atoms with Crippen molar-refractivity contribution in [3.63, 3.8) is 0 Å².